The van der Waals surface area contributed by atoms with Gasteiger partial charge in [0.1, 0.15) is 0 Å². The van der Waals surface area contributed by atoms with E-state index in [1.54, 1.807) is 0 Å². The highest BCUT2D eigenvalue weighted by Gasteiger charge is 2.69. The van der Waals surface area contributed by atoms with Crippen LogP contribution in [0.15, 0.2) is 0 Å². The number of alkyl halides is 2. The summed E-state index contributed by atoms with van der Waals surface area (Å²) >= 11 is 0. The Morgan fingerprint density at radius 3 is 1.88 bits per heavy atom. The Balaban J connectivity index is 2.13. The highest BCUT2D eigenvalue weighted by atomic mass is 19.3. The van der Waals surface area contributed by atoms with Crippen LogP contribution in [0, 0.1) is 11.8 Å². The molecule has 0 aromatic rings. The quantitative estimate of drug-likeness (QED) is 0.456. The number of hydrogen-bond acceptors (Lipinski definition) is 0. The summed E-state index contributed by atoms with van der Waals surface area (Å²) in [6, 6.07) is 0. The molecule has 0 saturated heterocycles. The van der Waals surface area contributed by atoms with Gasteiger partial charge in [0, 0.05) is 11.8 Å². The third-order valence-corrected chi connectivity index (χ3v) is 2.40. The maximum absolute atomic E-state index is 12.2. The average molecular weight is 118 g/mol. The molecule has 2 atom stereocenters. The summed E-state index contributed by atoms with van der Waals surface area (Å²) in [5.74, 6) is -2.65. The average Bonchev–Trinajstić information content (AvgIpc) is 2.22. The second-order valence-electron chi connectivity index (χ2n) is 2.82. The van der Waals surface area contributed by atoms with Crippen LogP contribution in [-0.4, -0.2) is 5.92 Å². The molecule has 0 heterocycles. The minimum absolute atomic E-state index is 0.206. The fraction of sp³-hybridized carbons (Fsp3) is 1.00. The molecule has 0 nitrogen and oxygen atoms in total. The molecule has 46 valence electrons. The second-order valence-corrected chi connectivity index (χ2v) is 2.82. The molecule has 2 rings (SSSR count). The Morgan fingerprint density at radius 1 is 1.12 bits per heavy atom. The minimum atomic E-state index is -2.24. The van der Waals surface area contributed by atoms with E-state index in [0.717, 1.165) is 19.3 Å². The number of hydrogen-bond donors (Lipinski definition) is 0. The SMILES string of the molecule is FC1(F)[C@@H]2CCC[C@@H]21. The van der Waals surface area contributed by atoms with Crippen LogP contribution >= 0.6 is 0 Å². The van der Waals surface area contributed by atoms with Crippen molar-refractivity contribution in [1.82, 2.24) is 0 Å². The van der Waals surface area contributed by atoms with Gasteiger partial charge in [0.05, 0.1) is 0 Å². The molecule has 0 bridgehead atoms. The summed E-state index contributed by atoms with van der Waals surface area (Å²) < 4.78 is 24.5. The lowest BCUT2D eigenvalue weighted by Crippen LogP contribution is -1.98. The van der Waals surface area contributed by atoms with Crippen LogP contribution in [0.1, 0.15) is 19.3 Å². The number of rotatable bonds is 0. The van der Waals surface area contributed by atoms with Crippen LogP contribution < -0.4 is 0 Å². The molecule has 0 amide bonds. The third kappa shape index (κ3) is 0.351. The standard InChI is InChI=1S/C6H8F2/c7-6(8)4-2-1-3-5(4)6/h4-5H,1-3H2/t4-,5+. The lowest BCUT2D eigenvalue weighted by molar-refractivity contribution is 0.0728. The maximum atomic E-state index is 12.2. The van der Waals surface area contributed by atoms with E-state index in [0.29, 0.717) is 0 Å². The Bertz CT molecular complexity index is 108. The molecule has 2 heteroatoms. The van der Waals surface area contributed by atoms with Crippen LogP contribution in [0.2, 0.25) is 0 Å². The zero-order valence-corrected chi connectivity index (χ0v) is 4.53. The van der Waals surface area contributed by atoms with Crippen molar-refractivity contribution in [3.8, 4) is 0 Å². The van der Waals surface area contributed by atoms with Crippen LogP contribution in [-0.2, 0) is 0 Å². The van der Waals surface area contributed by atoms with E-state index in [9.17, 15) is 8.78 Å². The van der Waals surface area contributed by atoms with Crippen molar-refractivity contribution >= 4 is 0 Å². The third-order valence-electron chi connectivity index (χ3n) is 2.40. The molecule has 2 fully saturated rings. The van der Waals surface area contributed by atoms with Crippen molar-refractivity contribution in [1.29, 1.82) is 0 Å². The largest absolute Gasteiger partial charge is 0.254 e. The van der Waals surface area contributed by atoms with Gasteiger partial charge in [0.15, 0.2) is 0 Å². The Hall–Kier alpha value is -0.140. The Labute approximate surface area is 46.9 Å². The van der Waals surface area contributed by atoms with Gasteiger partial charge in [-0.3, -0.25) is 0 Å². The molecule has 0 aromatic carbocycles. The summed E-state index contributed by atoms with van der Waals surface area (Å²) in [5.41, 5.74) is 0. The van der Waals surface area contributed by atoms with Gasteiger partial charge in [-0.15, -0.1) is 0 Å². The van der Waals surface area contributed by atoms with Crippen LogP contribution in [0.4, 0.5) is 8.78 Å². The van der Waals surface area contributed by atoms with Gasteiger partial charge in [0.25, 0.3) is 5.92 Å². The molecule has 0 radical (unpaired) electrons. The fourth-order valence-corrected chi connectivity index (χ4v) is 1.81. The van der Waals surface area contributed by atoms with E-state index in [1.807, 2.05) is 0 Å². The smallest absolute Gasteiger partial charge is 0.206 e. The predicted molar refractivity (Wildman–Crippen MR) is 25.8 cm³/mol. The van der Waals surface area contributed by atoms with Gasteiger partial charge >= 0.3 is 0 Å². The van der Waals surface area contributed by atoms with E-state index in [4.69, 9.17) is 0 Å². The highest BCUT2D eigenvalue weighted by Crippen LogP contribution is 2.63. The van der Waals surface area contributed by atoms with Crippen LogP contribution in [0.25, 0.3) is 0 Å². The normalized spacial score (nSPS) is 48.8. The highest BCUT2D eigenvalue weighted by molar-refractivity contribution is 5.08. The minimum Gasteiger partial charge on any atom is -0.206 e. The van der Waals surface area contributed by atoms with Gasteiger partial charge < -0.3 is 0 Å². The fourth-order valence-electron chi connectivity index (χ4n) is 1.81. The van der Waals surface area contributed by atoms with Crippen molar-refractivity contribution in [2.45, 2.75) is 25.2 Å². The number of fused-ring (bicyclic) bond motifs is 1. The van der Waals surface area contributed by atoms with E-state index in [-0.39, 0.29) is 11.8 Å². The monoisotopic (exact) mass is 118 g/mol. The van der Waals surface area contributed by atoms with Crippen molar-refractivity contribution in [2.24, 2.45) is 11.8 Å². The van der Waals surface area contributed by atoms with E-state index in [2.05, 4.69) is 0 Å². The summed E-state index contributed by atoms with van der Waals surface area (Å²) in [6.45, 7) is 0. The van der Waals surface area contributed by atoms with Crippen molar-refractivity contribution in [3.63, 3.8) is 0 Å². The summed E-state index contributed by atoms with van der Waals surface area (Å²) in [4.78, 5) is 0. The van der Waals surface area contributed by atoms with Crippen LogP contribution in [0.5, 0.6) is 0 Å². The van der Waals surface area contributed by atoms with E-state index >= 15 is 0 Å². The zero-order chi connectivity index (χ0) is 5.78. The van der Waals surface area contributed by atoms with Crippen molar-refractivity contribution < 1.29 is 8.78 Å². The number of halogens is 2. The molecule has 2 saturated carbocycles. The van der Waals surface area contributed by atoms with Crippen molar-refractivity contribution in [2.75, 3.05) is 0 Å². The van der Waals surface area contributed by atoms with Gasteiger partial charge in [-0.25, -0.2) is 8.78 Å². The first-order valence-corrected chi connectivity index (χ1v) is 3.11. The Morgan fingerprint density at radius 2 is 1.62 bits per heavy atom. The second kappa shape index (κ2) is 1.07. The molecular weight excluding hydrogens is 110 g/mol. The van der Waals surface area contributed by atoms with Gasteiger partial charge in [0.2, 0.25) is 0 Å². The lowest BCUT2D eigenvalue weighted by atomic mass is 10.2. The Kier molecular flexibility index (Phi) is 0.628. The molecule has 8 heavy (non-hydrogen) atoms. The lowest BCUT2D eigenvalue weighted by Gasteiger charge is -1.96. The summed E-state index contributed by atoms with van der Waals surface area (Å²) in [7, 11) is 0. The van der Waals surface area contributed by atoms with Crippen molar-refractivity contribution in [3.05, 3.63) is 0 Å². The molecule has 0 aliphatic heterocycles. The molecule has 2 aliphatic rings. The van der Waals surface area contributed by atoms with Gasteiger partial charge in [-0.2, -0.15) is 0 Å². The summed E-state index contributed by atoms with van der Waals surface area (Å²) in [5, 5.41) is 0. The summed E-state index contributed by atoms with van der Waals surface area (Å²) in [6.07, 6.45) is 2.58. The predicted octanol–water partition coefficient (Wildman–Crippen LogP) is 2.05. The topological polar surface area (TPSA) is 0 Å². The molecule has 2 aliphatic carbocycles. The van der Waals surface area contributed by atoms with E-state index < -0.39 is 5.92 Å². The first-order valence-electron chi connectivity index (χ1n) is 3.11. The van der Waals surface area contributed by atoms with E-state index in [1.165, 1.54) is 0 Å². The molecule has 0 aromatic heterocycles. The first kappa shape index (κ1) is 4.71. The molecular formula is C6H8F2. The zero-order valence-electron chi connectivity index (χ0n) is 4.53. The molecule has 0 spiro atoms. The first-order chi connectivity index (χ1) is 3.73. The molecule has 0 N–H and O–H groups in total. The maximum Gasteiger partial charge on any atom is 0.254 e. The molecule has 0 unspecified atom stereocenters. The van der Waals surface area contributed by atoms with Gasteiger partial charge in [-0.1, -0.05) is 6.42 Å². The van der Waals surface area contributed by atoms with Gasteiger partial charge in [-0.05, 0) is 12.8 Å². The van der Waals surface area contributed by atoms with Crippen LogP contribution in [0.3, 0.4) is 0 Å².